The van der Waals surface area contributed by atoms with Gasteiger partial charge in [-0.15, -0.1) is 0 Å². The van der Waals surface area contributed by atoms with E-state index in [0.29, 0.717) is 22.9 Å². The van der Waals surface area contributed by atoms with E-state index in [0.717, 1.165) is 0 Å². The number of nitrogens with one attached hydrogen (secondary N) is 1. The largest absolute Gasteiger partial charge is 0.493 e. The van der Waals surface area contributed by atoms with Gasteiger partial charge in [0.15, 0.2) is 17.3 Å². The average molecular weight is 258 g/mol. The molecule has 0 fully saturated rings. The van der Waals surface area contributed by atoms with Crippen LogP contribution in [-0.2, 0) is 0 Å². The maximum atomic E-state index is 12.0. The summed E-state index contributed by atoms with van der Waals surface area (Å²) in [7, 11) is 3.08. The van der Waals surface area contributed by atoms with E-state index in [9.17, 15) is 4.79 Å². The lowest BCUT2D eigenvalue weighted by atomic mass is 10.1. The number of H-pyrrole nitrogens is 1. The van der Waals surface area contributed by atoms with E-state index in [2.05, 4.69) is 9.97 Å². The second-order valence-electron chi connectivity index (χ2n) is 3.74. The highest BCUT2D eigenvalue weighted by atomic mass is 16.5. The van der Waals surface area contributed by atoms with E-state index in [4.69, 9.17) is 9.47 Å². The van der Waals surface area contributed by atoms with Crippen LogP contribution in [0.1, 0.15) is 16.2 Å². The number of hydrogen-bond acceptors (Lipinski definition) is 4. The Balaban J connectivity index is 2.19. The molecule has 0 bridgehead atoms. The summed E-state index contributed by atoms with van der Waals surface area (Å²) < 4.78 is 10.3. The number of allylic oxidation sites excluding steroid dienone is 1. The Bertz CT molecular complexity index is 589. The number of nitrogens with zero attached hydrogens (tertiary/aromatic N) is 1. The minimum absolute atomic E-state index is 0.127. The Morgan fingerprint density at radius 1 is 1.26 bits per heavy atom. The Morgan fingerprint density at radius 3 is 2.68 bits per heavy atom. The van der Waals surface area contributed by atoms with Crippen LogP contribution >= 0.6 is 0 Å². The number of methoxy groups -OCH3 is 2. The zero-order chi connectivity index (χ0) is 13.7. The summed E-state index contributed by atoms with van der Waals surface area (Å²) in [5, 5.41) is 0. The molecule has 5 heteroatoms. The highest BCUT2D eigenvalue weighted by Gasteiger charge is 2.08. The van der Waals surface area contributed by atoms with Crippen LogP contribution in [-0.4, -0.2) is 30.0 Å². The number of imidazole rings is 1. The van der Waals surface area contributed by atoms with E-state index in [1.54, 1.807) is 43.8 Å². The highest BCUT2D eigenvalue weighted by Crippen LogP contribution is 2.27. The van der Waals surface area contributed by atoms with Gasteiger partial charge in [0.25, 0.3) is 0 Å². The maximum Gasteiger partial charge on any atom is 0.186 e. The summed E-state index contributed by atoms with van der Waals surface area (Å²) in [6.07, 6.45) is 6.40. The third kappa shape index (κ3) is 3.01. The standard InChI is InChI=1S/C14H14N2O3/c1-18-12-5-3-10(9-13(12)19-2)11(17)4-6-14-15-7-8-16-14/h3-9H,1-2H3,(H,15,16)/b6-4+. The monoisotopic (exact) mass is 258 g/mol. The van der Waals surface area contributed by atoms with Crippen LogP contribution < -0.4 is 9.47 Å². The predicted molar refractivity (Wildman–Crippen MR) is 71.5 cm³/mol. The number of ketones is 1. The number of ether oxygens (including phenoxy) is 2. The van der Waals surface area contributed by atoms with Crippen molar-refractivity contribution in [2.45, 2.75) is 0 Å². The van der Waals surface area contributed by atoms with Crippen LogP contribution in [0.25, 0.3) is 6.08 Å². The Labute approximate surface area is 110 Å². The molecule has 19 heavy (non-hydrogen) atoms. The molecule has 0 aliphatic rings. The molecule has 2 rings (SSSR count). The van der Waals surface area contributed by atoms with Crippen molar-refractivity contribution in [1.29, 1.82) is 0 Å². The Morgan fingerprint density at radius 2 is 2.05 bits per heavy atom. The van der Waals surface area contributed by atoms with Gasteiger partial charge in [-0.3, -0.25) is 4.79 Å². The minimum atomic E-state index is -0.127. The molecule has 1 heterocycles. The number of carbonyl (C=O) groups excluding carboxylic acids is 1. The first-order valence-electron chi connectivity index (χ1n) is 5.68. The molecule has 0 radical (unpaired) electrons. The number of rotatable bonds is 5. The lowest BCUT2D eigenvalue weighted by Gasteiger charge is -2.07. The lowest BCUT2D eigenvalue weighted by molar-refractivity contribution is 0.104. The molecule has 0 aliphatic carbocycles. The third-order valence-electron chi connectivity index (χ3n) is 2.58. The van der Waals surface area contributed by atoms with Crippen molar-refractivity contribution in [2.24, 2.45) is 0 Å². The van der Waals surface area contributed by atoms with Crippen molar-refractivity contribution in [2.75, 3.05) is 14.2 Å². The SMILES string of the molecule is COc1ccc(C(=O)/C=C/c2ncc[nH]2)cc1OC. The average Bonchev–Trinajstić information content (AvgIpc) is 2.97. The minimum Gasteiger partial charge on any atom is -0.493 e. The molecule has 0 unspecified atom stereocenters. The number of hydrogen-bond donors (Lipinski definition) is 1. The normalized spacial score (nSPS) is 10.6. The second-order valence-corrected chi connectivity index (χ2v) is 3.74. The summed E-state index contributed by atoms with van der Waals surface area (Å²) in [6, 6.07) is 5.04. The van der Waals surface area contributed by atoms with E-state index >= 15 is 0 Å². The van der Waals surface area contributed by atoms with E-state index in [-0.39, 0.29) is 5.78 Å². The fraction of sp³-hybridized carbons (Fsp3) is 0.143. The van der Waals surface area contributed by atoms with Crippen molar-refractivity contribution >= 4 is 11.9 Å². The quantitative estimate of drug-likeness (QED) is 0.660. The van der Waals surface area contributed by atoms with Crippen LogP contribution in [0.2, 0.25) is 0 Å². The summed E-state index contributed by atoms with van der Waals surface area (Å²) >= 11 is 0. The van der Waals surface area contributed by atoms with Gasteiger partial charge in [0.05, 0.1) is 14.2 Å². The number of aromatic amines is 1. The van der Waals surface area contributed by atoms with Gasteiger partial charge in [0.2, 0.25) is 0 Å². The molecule has 0 atom stereocenters. The molecule has 0 saturated carbocycles. The van der Waals surface area contributed by atoms with E-state index < -0.39 is 0 Å². The van der Waals surface area contributed by atoms with Gasteiger partial charge in [-0.05, 0) is 30.4 Å². The number of benzene rings is 1. The maximum absolute atomic E-state index is 12.0. The molecule has 0 amide bonds. The van der Waals surface area contributed by atoms with E-state index in [1.807, 2.05) is 0 Å². The Hall–Kier alpha value is -2.56. The fourth-order valence-corrected chi connectivity index (χ4v) is 1.61. The van der Waals surface area contributed by atoms with Crippen molar-refractivity contribution < 1.29 is 14.3 Å². The zero-order valence-electron chi connectivity index (χ0n) is 10.7. The third-order valence-corrected chi connectivity index (χ3v) is 2.58. The van der Waals surface area contributed by atoms with Crippen LogP contribution in [0.5, 0.6) is 11.5 Å². The molecular formula is C14H14N2O3. The first-order valence-corrected chi connectivity index (χ1v) is 5.68. The topological polar surface area (TPSA) is 64.2 Å². The molecule has 0 saturated heterocycles. The molecule has 98 valence electrons. The molecule has 0 spiro atoms. The summed E-state index contributed by atoms with van der Waals surface area (Å²) in [6.45, 7) is 0. The second kappa shape index (κ2) is 5.86. The van der Waals surface area contributed by atoms with Gasteiger partial charge in [-0.25, -0.2) is 4.98 Å². The first kappa shape index (κ1) is 12.9. The van der Waals surface area contributed by atoms with Crippen molar-refractivity contribution in [3.8, 4) is 11.5 Å². The summed E-state index contributed by atoms with van der Waals surface area (Å²) in [5.74, 6) is 1.62. The molecule has 1 aromatic heterocycles. The van der Waals surface area contributed by atoms with Crippen LogP contribution in [0.4, 0.5) is 0 Å². The molecule has 1 N–H and O–H groups in total. The lowest BCUT2D eigenvalue weighted by Crippen LogP contribution is -1.97. The molecular weight excluding hydrogens is 244 g/mol. The van der Waals surface area contributed by atoms with Gasteiger partial charge < -0.3 is 14.5 Å². The first-order chi connectivity index (χ1) is 9.24. The Kier molecular flexibility index (Phi) is 3.97. The van der Waals surface area contributed by atoms with Crippen molar-refractivity contribution in [3.05, 3.63) is 48.1 Å². The predicted octanol–water partition coefficient (Wildman–Crippen LogP) is 2.32. The van der Waals surface area contributed by atoms with Crippen LogP contribution in [0.3, 0.4) is 0 Å². The molecule has 2 aromatic rings. The highest BCUT2D eigenvalue weighted by molar-refractivity contribution is 6.07. The van der Waals surface area contributed by atoms with Gasteiger partial charge in [-0.1, -0.05) is 0 Å². The number of aromatic nitrogens is 2. The molecule has 0 aliphatic heterocycles. The van der Waals surface area contributed by atoms with Crippen LogP contribution in [0.15, 0.2) is 36.7 Å². The van der Waals surface area contributed by atoms with Gasteiger partial charge >= 0.3 is 0 Å². The van der Waals surface area contributed by atoms with Crippen molar-refractivity contribution in [1.82, 2.24) is 9.97 Å². The fourth-order valence-electron chi connectivity index (χ4n) is 1.61. The molecule has 5 nitrogen and oxygen atoms in total. The smallest absolute Gasteiger partial charge is 0.186 e. The summed E-state index contributed by atoms with van der Waals surface area (Å²) in [5.41, 5.74) is 0.528. The van der Waals surface area contributed by atoms with Crippen molar-refractivity contribution in [3.63, 3.8) is 0 Å². The zero-order valence-corrected chi connectivity index (χ0v) is 10.7. The van der Waals surface area contributed by atoms with Crippen LogP contribution in [0, 0.1) is 0 Å². The van der Waals surface area contributed by atoms with Gasteiger partial charge in [0, 0.05) is 18.0 Å². The van der Waals surface area contributed by atoms with Gasteiger partial charge in [0.1, 0.15) is 5.82 Å². The summed E-state index contributed by atoms with van der Waals surface area (Å²) in [4.78, 5) is 18.9. The molecule has 1 aromatic carbocycles. The number of carbonyl (C=O) groups is 1. The van der Waals surface area contributed by atoms with E-state index in [1.165, 1.54) is 13.2 Å². The van der Waals surface area contributed by atoms with Gasteiger partial charge in [-0.2, -0.15) is 0 Å².